The number of nitro groups is 1. The maximum Gasteiger partial charge on any atom is 0.293 e. The zero-order valence-electron chi connectivity index (χ0n) is 14.3. The smallest absolute Gasteiger partial charge is 0.293 e. The summed E-state index contributed by atoms with van der Waals surface area (Å²) in [4.78, 5) is 25.5. The Morgan fingerprint density at radius 3 is 2.58 bits per heavy atom. The van der Waals surface area contributed by atoms with E-state index in [4.69, 9.17) is 11.6 Å². The van der Waals surface area contributed by atoms with Crippen molar-refractivity contribution in [2.45, 2.75) is 25.8 Å². The van der Waals surface area contributed by atoms with E-state index in [1.807, 2.05) is 23.1 Å². The molecule has 3 rings (SSSR count). The summed E-state index contributed by atoms with van der Waals surface area (Å²) >= 11 is 6.08. The lowest BCUT2D eigenvalue weighted by molar-refractivity contribution is -0.384. The first-order valence-electron chi connectivity index (χ1n) is 8.61. The molecule has 1 fully saturated rings. The Morgan fingerprint density at radius 1 is 1.15 bits per heavy atom. The minimum absolute atomic E-state index is 0.0303. The van der Waals surface area contributed by atoms with Gasteiger partial charge in [0.2, 0.25) is 0 Å². The van der Waals surface area contributed by atoms with Crippen molar-refractivity contribution in [3.8, 4) is 0 Å². The van der Waals surface area contributed by atoms with Crippen molar-refractivity contribution >= 4 is 28.9 Å². The van der Waals surface area contributed by atoms with Gasteiger partial charge < -0.3 is 10.2 Å². The van der Waals surface area contributed by atoms with Gasteiger partial charge in [-0.05, 0) is 43.0 Å². The molecule has 1 aliphatic heterocycles. The third kappa shape index (κ3) is 4.14. The first kappa shape index (κ1) is 18.2. The first-order valence-corrected chi connectivity index (χ1v) is 8.99. The molecule has 1 aliphatic rings. The second-order valence-corrected chi connectivity index (χ2v) is 6.69. The van der Waals surface area contributed by atoms with E-state index in [2.05, 4.69) is 5.32 Å². The van der Waals surface area contributed by atoms with Crippen molar-refractivity contribution in [3.63, 3.8) is 0 Å². The Kier molecular flexibility index (Phi) is 5.73. The summed E-state index contributed by atoms with van der Waals surface area (Å²) in [5.41, 5.74) is 1.61. The zero-order chi connectivity index (χ0) is 18.5. The topological polar surface area (TPSA) is 75.5 Å². The summed E-state index contributed by atoms with van der Waals surface area (Å²) in [6.07, 6.45) is 3.20. The Bertz CT molecular complexity index is 819. The molecule has 1 heterocycles. The normalized spacial score (nSPS) is 14.1. The number of carbonyl (C=O) groups excluding carboxylic acids is 1. The number of nitro benzene ring substituents is 1. The average Bonchev–Trinajstić information content (AvgIpc) is 2.67. The molecule has 0 radical (unpaired) electrons. The van der Waals surface area contributed by atoms with Crippen LogP contribution in [0, 0.1) is 10.1 Å². The third-order valence-corrected chi connectivity index (χ3v) is 4.90. The van der Waals surface area contributed by atoms with Crippen LogP contribution in [-0.4, -0.2) is 23.9 Å². The molecule has 0 aliphatic carbocycles. The van der Waals surface area contributed by atoms with Crippen LogP contribution in [0.4, 0.5) is 11.4 Å². The molecule has 6 nitrogen and oxygen atoms in total. The van der Waals surface area contributed by atoms with Crippen molar-refractivity contribution in [1.82, 2.24) is 5.32 Å². The number of nitrogens with zero attached hydrogens (tertiary/aromatic N) is 2. The van der Waals surface area contributed by atoms with Crippen LogP contribution in [-0.2, 0) is 6.54 Å². The molecule has 0 atom stereocenters. The molecule has 2 aromatic rings. The van der Waals surface area contributed by atoms with Gasteiger partial charge in [-0.1, -0.05) is 29.8 Å². The number of piperidine rings is 1. The Morgan fingerprint density at radius 2 is 1.88 bits per heavy atom. The molecule has 1 saturated heterocycles. The van der Waals surface area contributed by atoms with Crippen molar-refractivity contribution < 1.29 is 9.72 Å². The van der Waals surface area contributed by atoms with Crippen molar-refractivity contribution in [2.75, 3.05) is 18.0 Å². The fourth-order valence-corrected chi connectivity index (χ4v) is 3.34. The minimum atomic E-state index is -0.422. The summed E-state index contributed by atoms with van der Waals surface area (Å²) < 4.78 is 0. The Labute approximate surface area is 156 Å². The Balaban J connectivity index is 1.77. The summed E-state index contributed by atoms with van der Waals surface area (Å²) in [6.45, 7) is 1.87. The van der Waals surface area contributed by atoms with E-state index in [-0.39, 0.29) is 23.7 Å². The molecule has 1 amide bonds. The van der Waals surface area contributed by atoms with Gasteiger partial charge in [0.25, 0.3) is 11.6 Å². The molecule has 1 N–H and O–H groups in total. The van der Waals surface area contributed by atoms with Gasteiger partial charge in [0.1, 0.15) is 5.69 Å². The van der Waals surface area contributed by atoms with Gasteiger partial charge >= 0.3 is 0 Å². The van der Waals surface area contributed by atoms with Crippen LogP contribution in [0.1, 0.15) is 35.2 Å². The van der Waals surface area contributed by atoms with E-state index in [9.17, 15) is 14.9 Å². The molecule has 136 valence electrons. The maximum absolute atomic E-state index is 12.4. The van der Waals surface area contributed by atoms with E-state index in [0.29, 0.717) is 10.7 Å². The number of benzene rings is 2. The standard InChI is InChI=1S/C19H20ClN3O3/c20-16-7-3-2-6-15(16)13-21-19(24)14-8-9-17(18(12-14)23(25)26)22-10-4-1-5-11-22/h2-3,6-9,12H,1,4-5,10-11,13H2,(H,21,24). The highest BCUT2D eigenvalue weighted by Gasteiger charge is 2.23. The number of hydrogen-bond donors (Lipinski definition) is 1. The summed E-state index contributed by atoms with van der Waals surface area (Å²) in [6, 6.07) is 11.9. The van der Waals surface area contributed by atoms with Crippen molar-refractivity contribution in [1.29, 1.82) is 0 Å². The molecule has 7 heteroatoms. The van der Waals surface area contributed by atoms with E-state index in [1.165, 1.54) is 6.07 Å². The number of nitrogens with one attached hydrogen (secondary N) is 1. The Hall–Kier alpha value is -2.60. The highest BCUT2D eigenvalue weighted by Crippen LogP contribution is 2.31. The highest BCUT2D eigenvalue weighted by atomic mass is 35.5. The third-order valence-electron chi connectivity index (χ3n) is 4.53. The van der Waals surface area contributed by atoms with E-state index < -0.39 is 4.92 Å². The molecule has 0 aromatic heterocycles. The van der Waals surface area contributed by atoms with Crippen molar-refractivity contribution in [2.24, 2.45) is 0 Å². The monoisotopic (exact) mass is 373 g/mol. The van der Waals surface area contributed by atoms with Crippen LogP contribution >= 0.6 is 11.6 Å². The molecule has 0 saturated carbocycles. The van der Waals surface area contributed by atoms with Gasteiger partial charge in [-0.2, -0.15) is 0 Å². The number of anilines is 1. The highest BCUT2D eigenvalue weighted by molar-refractivity contribution is 6.31. The van der Waals surface area contributed by atoms with Crippen LogP contribution in [0.3, 0.4) is 0 Å². The lowest BCUT2D eigenvalue weighted by Crippen LogP contribution is -2.30. The predicted octanol–water partition coefficient (Wildman–Crippen LogP) is 4.17. The lowest BCUT2D eigenvalue weighted by Gasteiger charge is -2.28. The largest absolute Gasteiger partial charge is 0.366 e. The maximum atomic E-state index is 12.4. The SMILES string of the molecule is O=C(NCc1ccccc1Cl)c1ccc(N2CCCCC2)c([N+](=O)[O-])c1. The van der Waals surface area contributed by atoms with Gasteiger partial charge in [0, 0.05) is 36.3 Å². The second kappa shape index (κ2) is 8.19. The quantitative estimate of drug-likeness (QED) is 0.630. The molecule has 0 spiro atoms. The van der Waals surface area contributed by atoms with Crippen LogP contribution in [0.5, 0.6) is 0 Å². The molecule has 26 heavy (non-hydrogen) atoms. The fraction of sp³-hybridized carbons (Fsp3) is 0.316. The summed E-state index contributed by atoms with van der Waals surface area (Å²) in [7, 11) is 0. The average molecular weight is 374 g/mol. The summed E-state index contributed by atoms with van der Waals surface area (Å²) in [5, 5.41) is 14.8. The molecular weight excluding hydrogens is 354 g/mol. The van der Waals surface area contributed by atoms with E-state index >= 15 is 0 Å². The summed E-state index contributed by atoms with van der Waals surface area (Å²) in [5.74, 6) is -0.363. The predicted molar refractivity (Wildman–Crippen MR) is 102 cm³/mol. The lowest BCUT2D eigenvalue weighted by atomic mass is 10.1. The molecule has 0 unspecified atom stereocenters. The fourth-order valence-electron chi connectivity index (χ4n) is 3.13. The second-order valence-electron chi connectivity index (χ2n) is 6.28. The number of halogens is 1. The zero-order valence-corrected chi connectivity index (χ0v) is 15.0. The van der Waals surface area contributed by atoms with Crippen molar-refractivity contribution in [3.05, 3.63) is 68.7 Å². The van der Waals surface area contributed by atoms with Crippen LogP contribution in [0.2, 0.25) is 5.02 Å². The van der Waals surface area contributed by atoms with Gasteiger partial charge in [-0.15, -0.1) is 0 Å². The number of hydrogen-bond acceptors (Lipinski definition) is 4. The van der Waals surface area contributed by atoms with E-state index in [1.54, 1.807) is 18.2 Å². The number of amides is 1. The number of carbonyl (C=O) groups is 1. The van der Waals surface area contributed by atoms with Crippen LogP contribution < -0.4 is 10.2 Å². The molecular formula is C19H20ClN3O3. The van der Waals surface area contributed by atoms with Gasteiger partial charge in [-0.3, -0.25) is 14.9 Å². The van der Waals surface area contributed by atoms with Crippen LogP contribution in [0.15, 0.2) is 42.5 Å². The van der Waals surface area contributed by atoms with Gasteiger partial charge in [-0.25, -0.2) is 0 Å². The van der Waals surface area contributed by atoms with Gasteiger partial charge in [0.05, 0.1) is 4.92 Å². The minimum Gasteiger partial charge on any atom is -0.366 e. The first-order chi connectivity index (χ1) is 12.6. The molecule has 0 bridgehead atoms. The number of rotatable bonds is 5. The van der Waals surface area contributed by atoms with Gasteiger partial charge in [0.15, 0.2) is 0 Å². The molecule has 2 aromatic carbocycles. The van der Waals surface area contributed by atoms with Crippen LogP contribution in [0.25, 0.3) is 0 Å². The van der Waals surface area contributed by atoms with E-state index in [0.717, 1.165) is 37.9 Å².